The SMILES string of the molecule is CCN(CC)CCNC(=NC)NCC(c1ccc(OC)cc1)N1CCOCC1. The van der Waals surface area contributed by atoms with Gasteiger partial charge in [0.05, 0.1) is 26.4 Å². The molecule has 0 bridgehead atoms. The molecule has 1 unspecified atom stereocenters. The second-order valence-corrected chi connectivity index (χ2v) is 6.84. The summed E-state index contributed by atoms with van der Waals surface area (Å²) in [6.45, 7) is 12.6. The van der Waals surface area contributed by atoms with Gasteiger partial charge in [-0.3, -0.25) is 9.89 Å². The molecule has 1 heterocycles. The van der Waals surface area contributed by atoms with Crippen molar-refractivity contribution >= 4 is 5.96 Å². The molecule has 0 saturated carbocycles. The van der Waals surface area contributed by atoms with E-state index in [1.165, 1.54) is 5.56 Å². The zero-order valence-corrected chi connectivity index (χ0v) is 17.9. The number of likely N-dealkylation sites (N-methyl/N-ethyl adjacent to an activating group) is 1. The van der Waals surface area contributed by atoms with Gasteiger partial charge in [0.2, 0.25) is 0 Å². The van der Waals surface area contributed by atoms with E-state index in [2.05, 4.69) is 51.4 Å². The van der Waals surface area contributed by atoms with Crippen molar-refractivity contribution in [3.05, 3.63) is 29.8 Å². The molecular weight excluding hydrogens is 354 g/mol. The van der Waals surface area contributed by atoms with Crippen LogP contribution in [-0.2, 0) is 4.74 Å². The monoisotopic (exact) mass is 391 g/mol. The Labute approximate surface area is 170 Å². The highest BCUT2D eigenvalue weighted by molar-refractivity contribution is 5.79. The van der Waals surface area contributed by atoms with Gasteiger partial charge in [-0.15, -0.1) is 0 Å². The van der Waals surface area contributed by atoms with Crippen molar-refractivity contribution in [3.63, 3.8) is 0 Å². The van der Waals surface area contributed by atoms with Gasteiger partial charge in [0.15, 0.2) is 5.96 Å². The van der Waals surface area contributed by atoms with Crippen LogP contribution in [0.2, 0.25) is 0 Å². The molecule has 1 aliphatic heterocycles. The minimum absolute atomic E-state index is 0.260. The Bertz CT molecular complexity index is 569. The number of nitrogens with one attached hydrogen (secondary N) is 2. The Hall–Kier alpha value is -1.83. The third-order valence-electron chi connectivity index (χ3n) is 5.29. The van der Waals surface area contributed by atoms with Crippen LogP contribution >= 0.6 is 0 Å². The van der Waals surface area contributed by atoms with E-state index in [-0.39, 0.29) is 6.04 Å². The zero-order valence-electron chi connectivity index (χ0n) is 17.9. The van der Waals surface area contributed by atoms with Gasteiger partial charge in [0, 0.05) is 39.8 Å². The number of rotatable bonds is 10. The molecule has 0 aliphatic carbocycles. The molecule has 1 fully saturated rings. The molecule has 28 heavy (non-hydrogen) atoms. The Balaban J connectivity index is 1.96. The Kier molecular flexibility index (Phi) is 10.1. The van der Waals surface area contributed by atoms with Gasteiger partial charge in [-0.05, 0) is 30.8 Å². The predicted molar refractivity (Wildman–Crippen MR) is 115 cm³/mol. The second kappa shape index (κ2) is 12.6. The first-order valence-electron chi connectivity index (χ1n) is 10.3. The summed E-state index contributed by atoms with van der Waals surface area (Å²) in [5, 5.41) is 6.94. The van der Waals surface area contributed by atoms with Gasteiger partial charge in [0.25, 0.3) is 0 Å². The smallest absolute Gasteiger partial charge is 0.191 e. The van der Waals surface area contributed by atoms with Crippen LogP contribution in [-0.4, -0.2) is 88.9 Å². The average Bonchev–Trinajstić information content (AvgIpc) is 2.76. The van der Waals surface area contributed by atoms with Crippen LogP contribution < -0.4 is 15.4 Å². The van der Waals surface area contributed by atoms with Crippen LogP contribution in [0, 0.1) is 0 Å². The minimum Gasteiger partial charge on any atom is -0.497 e. The fourth-order valence-electron chi connectivity index (χ4n) is 3.46. The summed E-state index contributed by atoms with van der Waals surface area (Å²) in [4.78, 5) is 9.26. The molecule has 0 aromatic heterocycles. The van der Waals surface area contributed by atoms with Gasteiger partial charge in [-0.25, -0.2) is 0 Å². The molecule has 1 aliphatic rings. The van der Waals surface area contributed by atoms with E-state index in [1.54, 1.807) is 7.11 Å². The van der Waals surface area contributed by atoms with E-state index in [9.17, 15) is 0 Å². The number of morpholine rings is 1. The van der Waals surface area contributed by atoms with Gasteiger partial charge >= 0.3 is 0 Å². The highest BCUT2D eigenvalue weighted by Gasteiger charge is 2.23. The van der Waals surface area contributed by atoms with Gasteiger partial charge in [-0.1, -0.05) is 26.0 Å². The van der Waals surface area contributed by atoms with Crippen LogP contribution in [0.4, 0.5) is 0 Å². The van der Waals surface area contributed by atoms with Crippen molar-refractivity contribution < 1.29 is 9.47 Å². The van der Waals surface area contributed by atoms with Gasteiger partial charge in [-0.2, -0.15) is 0 Å². The van der Waals surface area contributed by atoms with Crippen LogP contribution in [0.25, 0.3) is 0 Å². The fourth-order valence-corrected chi connectivity index (χ4v) is 3.46. The molecule has 158 valence electrons. The minimum atomic E-state index is 0.260. The molecule has 1 atom stereocenters. The summed E-state index contributed by atoms with van der Waals surface area (Å²) in [7, 11) is 3.52. The molecule has 0 radical (unpaired) electrons. The number of benzene rings is 1. The van der Waals surface area contributed by atoms with E-state index < -0.39 is 0 Å². The average molecular weight is 392 g/mol. The summed E-state index contributed by atoms with van der Waals surface area (Å²) >= 11 is 0. The van der Waals surface area contributed by atoms with Crippen molar-refractivity contribution in [3.8, 4) is 5.75 Å². The second-order valence-electron chi connectivity index (χ2n) is 6.84. The Morgan fingerprint density at radius 3 is 2.43 bits per heavy atom. The first-order valence-corrected chi connectivity index (χ1v) is 10.3. The van der Waals surface area contributed by atoms with Crippen molar-refractivity contribution in [1.82, 2.24) is 20.4 Å². The van der Waals surface area contributed by atoms with Crippen molar-refractivity contribution in [2.45, 2.75) is 19.9 Å². The molecule has 7 nitrogen and oxygen atoms in total. The largest absolute Gasteiger partial charge is 0.497 e. The molecule has 0 amide bonds. The number of methoxy groups -OCH3 is 1. The van der Waals surface area contributed by atoms with Crippen LogP contribution in [0.15, 0.2) is 29.3 Å². The number of hydrogen-bond acceptors (Lipinski definition) is 5. The van der Waals surface area contributed by atoms with E-state index in [1.807, 2.05) is 19.2 Å². The number of aliphatic imine (C=N–C) groups is 1. The van der Waals surface area contributed by atoms with Crippen LogP contribution in [0.3, 0.4) is 0 Å². The quantitative estimate of drug-likeness (QED) is 0.466. The lowest BCUT2D eigenvalue weighted by Crippen LogP contribution is -2.47. The fraction of sp³-hybridized carbons (Fsp3) is 0.667. The van der Waals surface area contributed by atoms with E-state index >= 15 is 0 Å². The first kappa shape index (κ1) is 22.5. The maximum Gasteiger partial charge on any atom is 0.191 e. The highest BCUT2D eigenvalue weighted by atomic mass is 16.5. The van der Waals surface area contributed by atoms with E-state index in [0.717, 1.165) is 70.7 Å². The van der Waals surface area contributed by atoms with Gasteiger partial charge < -0.3 is 25.0 Å². The molecule has 1 saturated heterocycles. The topological polar surface area (TPSA) is 61.4 Å². The summed E-state index contributed by atoms with van der Waals surface area (Å²) in [6, 6.07) is 8.62. The summed E-state index contributed by atoms with van der Waals surface area (Å²) in [5.74, 6) is 1.73. The summed E-state index contributed by atoms with van der Waals surface area (Å²) < 4.78 is 10.9. The third-order valence-corrected chi connectivity index (χ3v) is 5.29. The van der Waals surface area contributed by atoms with E-state index in [4.69, 9.17) is 9.47 Å². The van der Waals surface area contributed by atoms with Crippen LogP contribution in [0.5, 0.6) is 5.75 Å². The zero-order chi connectivity index (χ0) is 20.2. The lowest BCUT2D eigenvalue weighted by molar-refractivity contribution is 0.0170. The summed E-state index contributed by atoms with van der Waals surface area (Å²) in [6.07, 6.45) is 0. The molecule has 7 heteroatoms. The van der Waals surface area contributed by atoms with Crippen molar-refractivity contribution in [1.29, 1.82) is 0 Å². The van der Waals surface area contributed by atoms with Crippen LogP contribution in [0.1, 0.15) is 25.5 Å². The number of nitrogens with zero attached hydrogens (tertiary/aromatic N) is 3. The number of ether oxygens (including phenoxy) is 2. The Morgan fingerprint density at radius 1 is 1.18 bits per heavy atom. The molecule has 2 N–H and O–H groups in total. The van der Waals surface area contributed by atoms with E-state index in [0.29, 0.717) is 0 Å². The van der Waals surface area contributed by atoms with Gasteiger partial charge in [0.1, 0.15) is 5.75 Å². The third kappa shape index (κ3) is 6.96. The van der Waals surface area contributed by atoms with Crippen molar-refractivity contribution in [2.24, 2.45) is 4.99 Å². The normalized spacial score (nSPS) is 16.8. The van der Waals surface area contributed by atoms with Crippen molar-refractivity contribution in [2.75, 3.05) is 73.2 Å². The molecule has 2 rings (SSSR count). The lowest BCUT2D eigenvalue weighted by atomic mass is 10.0. The molecule has 0 spiro atoms. The standard InChI is InChI=1S/C21H37N5O2/c1-5-25(6-2)12-11-23-21(22-3)24-17-20(26-13-15-28-16-14-26)18-7-9-19(27-4)10-8-18/h7-10,20H,5-6,11-17H2,1-4H3,(H2,22,23,24). The summed E-state index contributed by atoms with van der Waals surface area (Å²) in [5.41, 5.74) is 1.27. The molecule has 1 aromatic rings. The lowest BCUT2D eigenvalue weighted by Gasteiger charge is -2.35. The maximum atomic E-state index is 5.54. The Morgan fingerprint density at radius 2 is 1.86 bits per heavy atom. The molecular formula is C21H37N5O2. The maximum absolute atomic E-state index is 5.54. The predicted octanol–water partition coefficient (Wildman–Crippen LogP) is 1.58. The number of guanidine groups is 1. The number of hydrogen-bond donors (Lipinski definition) is 2. The first-order chi connectivity index (χ1) is 13.7. The molecule has 1 aromatic carbocycles. The highest BCUT2D eigenvalue weighted by Crippen LogP contribution is 2.23.